The van der Waals surface area contributed by atoms with Crippen molar-refractivity contribution in [2.45, 2.75) is 11.3 Å². The van der Waals surface area contributed by atoms with Crippen LogP contribution >= 0.6 is 11.8 Å². The van der Waals surface area contributed by atoms with Crippen molar-refractivity contribution >= 4 is 35.2 Å². The van der Waals surface area contributed by atoms with Crippen LogP contribution in [0.3, 0.4) is 0 Å². The third-order valence-corrected chi connectivity index (χ3v) is 4.76. The van der Waals surface area contributed by atoms with E-state index >= 15 is 0 Å². The van der Waals surface area contributed by atoms with Crippen LogP contribution in [0.2, 0.25) is 0 Å². The zero-order valence-corrected chi connectivity index (χ0v) is 15.2. The van der Waals surface area contributed by atoms with Gasteiger partial charge in [-0.1, -0.05) is 0 Å². The van der Waals surface area contributed by atoms with Crippen LogP contribution in [0.5, 0.6) is 5.88 Å². The van der Waals surface area contributed by atoms with Crippen LogP contribution in [-0.4, -0.2) is 41.7 Å². The molecule has 0 bridgehead atoms. The number of hydrazine groups is 1. The fourth-order valence-electron chi connectivity index (χ4n) is 2.63. The van der Waals surface area contributed by atoms with E-state index in [2.05, 4.69) is 20.8 Å². The van der Waals surface area contributed by atoms with E-state index in [9.17, 15) is 9.59 Å². The van der Waals surface area contributed by atoms with E-state index in [0.717, 1.165) is 10.6 Å². The molecule has 0 saturated carbocycles. The number of amides is 2. The molecule has 0 aliphatic carbocycles. The van der Waals surface area contributed by atoms with Crippen LogP contribution in [0, 0.1) is 5.92 Å². The predicted molar refractivity (Wildman–Crippen MR) is 99.0 cm³/mol. The van der Waals surface area contributed by atoms with Crippen molar-refractivity contribution in [3.8, 4) is 5.88 Å². The highest BCUT2D eigenvalue weighted by atomic mass is 32.2. The highest BCUT2D eigenvalue weighted by Crippen LogP contribution is 2.27. The maximum atomic E-state index is 12.4. The van der Waals surface area contributed by atoms with Crippen molar-refractivity contribution < 1.29 is 14.3 Å². The smallest absolute Gasteiger partial charge is 0.245 e. The Morgan fingerprint density at radius 2 is 2.08 bits per heavy atom. The van der Waals surface area contributed by atoms with E-state index in [1.807, 2.05) is 30.5 Å². The van der Waals surface area contributed by atoms with Crippen LogP contribution in [0.25, 0.3) is 0 Å². The third-order valence-electron chi connectivity index (χ3n) is 4.02. The Hall–Kier alpha value is -2.81. The van der Waals surface area contributed by atoms with Gasteiger partial charge in [0.2, 0.25) is 23.6 Å². The highest BCUT2D eigenvalue weighted by molar-refractivity contribution is 7.98. The molecule has 2 heterocycles. The number of nitrogens with zero attached hydrogens (tertiary/aromatic N) is 3. The zero-order valence-electron chi connectivity index (χ0n) is 14.4. The number of rotatable bonds is 6. The molecule has 26 heavy (non-hydrogen) atoms. The maximum Gasteiger partial charge on any atom is 0.245 e. The number of carbonyl (C=O) groups is 2. The summed E-state index contributed by atoms with van der Waals surface area (Å²) >= 11 is 1.64. The Bertz CT molecular complexity index is 799. The number of aromatic nitrogens is 2. The van der Waals surface area contributed by atoms with E-state index in [1.165, 1.54) is 13.3 Å². The molecule has 3 rings (SSSR count). The first kappa shape index (κ1) is 18.0. The number of carbonyl (C=O) groups excluding carboxylic acids is 2. The molecule has 1 aliphatic heterocycles. The first-order valence-corrected chi connectivity index (χ1v) is 9.20. The van der Waals surface area contributed by atoms with Gasteiger partial charge in [0.1, 0.15) is 0 Å². The first-order valence-electron chi connectivity index (χ1n) is 7.98. The Kier molecular flexibility index (Phi) is 5.57. The quantitative estimate of drug-likeness (QED) is 0.588. The van der Waals surface area contributed by atoms with Gasteiger partial charge in [-0.2, -0.15) is 4.98 Å². The van der Waals surface area contributed by atoms with Crippen LogP contribution in [-0.2, 0) is 9.59 Å². The summed E-state index contributed by atoms with van der Waals surface area (Å²) in [6.07, 6.45) is 3.67. The van der Waals surface area contributed by atoms with Gasteiger partial charge in [0.25, 0.3) is 0 Å². The minimum absolute atomic E-state index is 0.0697. The molecular weight excluding hydrogens is 354 g/mol. The molecule has 1 saturated heterocycles. The van der Waals surface area contributed by atoms with E-state index in [1.54, 1.807) is 22.7 Å². The molecule has 1 aliphatic rings. The number of methoxy groups -OCH3 is 1. The second-order valence-electron chi connectivity index (χ2n) is 5.64. The van der Waals surface area contributed by atoms with Gasteiger partial charge in [0.15, 0.2) is 0 Å². The fraction of sp³-hybridized carbons (Fsp3) is 0.294. The largest absolute Gasteiger partial charge is 0.481 e. The van der Waals surface area contributed by atoms with Crippen LogP contribution in [0.1, 0.15) is 6.42 Å². The molecule has 2 aromatic rings. The molecule has 2 N–H and O–H groups in total. The average Bonchev–Trinajstić information content (AvgIpc) is 3.08. The summed E-state index contributed by atoms with van der Waals surface area (Å²) < 4.78 is 5.00. The summed E-state index contributed by atoms with van der Waals surface area (Å²) in [5.41, 5.74) is 6.00. The normalized spacial score (nSPS) is 16.5. The average molecular weight is 373 g/mol. The molecular formula is C17H19N5O3S. The monoisotopic (exact) mass is 373 g/mol. The fourth-order valence-corrected chi connectivity index (χ4v) is 3.04. The van der Waals surface area contributed by atoms with Crippen molar-refractivity contribution in [3.63, 3.8) is 0 Å². The molecule has 1 aromatic carbocycles. The topological polar surface area (TPSA) is 96.4 Å². The van der Waals surface area contributed by atoms with Gasteiger partial charge in [-0.15, -0.1) is 11.8 Å². The lowest BCUT2D eigenvalue weighted by molar-refractivity contribution is -0.125. The van der Waals surface area contributed by atoms with E-state index < -0.39 is 5.92 Å². The van der Waals surface area contributed by atoms with Crippen molar-refractivity contribution in [1.82, 2.24) is 15.4 Å². The third kappa shape index (κ3) is 4.05. The summed E-state index contributed by atoms with van der Waals surface area (Å²) in [6.45, 7) is 0.337. The second kappa shape index (κ2) is 8.05. The van der Waals surface area contributed by atoms with E-state index in [0.29, 0.717) is 12.4 Å². The molecule has 2 amide bonds. The van der Waals surface area contributed by atoms with E-state index in [-0.39, 0.29) is 24.2 Å². The Morgan fingerprint density at radius 3 is 2.77 bits per heavy atom. The van der Waals surface area contributed by atoms with Gasteiger partial charge >= 0.3 is 0 Å². The van der Waals surface area contributed by atoms with Crippen molar-refractivity contribution in [2.24, 2.45) is 5.92 Å². The summed E-state index contributed by atoms with van der Waals surface area (Å²) in [7, 11) is 1.50. The SMILES string of the molecule is COc1ccnc(NNC(=O)C2CC(=O)N(c3ccc(SC)cc3)C2)n1. The zero-order chi connectivity index (χ0) is 18.5. The predicted octanol–water partition coefficient (Wildman–Crippen LogP) is 1.70. The molecule has 0 spiro atoms. The van der Waals surface area contributed by atoms with Crippen LogP contribution < -0.4 is 20.5 Å². The standard InChI is InChI=1S/C17H19N5O3S/c1-25-14-7-8-18-17(19-14)21-20-16(24)11-9-15(23)22(10-11)12-3-5-13(26-2)6-4-12/h3-8,11H,9-10H2,1-2H3,(H,20,24)(H,18,19,21). The van der Waals surface area contributed by atoms with Gasteiger partial charge in [0.05, 0.1) is 13.0 Å². The van der Waals surface area contributed by atoms with Crippen molar-refractivity contribution in [3.05, 3.63) is 36.5 Å². The molecule has 136 valence electrons. The summed E-state index contributed by atoms with van der Waals surface area (Å²) in [6, 6.07) is 9.31. The van der Waals surface area contributed by atoms with Crippen molar-refractivity contribution in [1.29, 1.82) is 0 Å². The van der Waals surface area contributed by atoms with Gasteiger partial charge < -0.3 is 9.64 Å². The molecule has 8 nitrogen and oxygen atoms in total. The lowest BCUT2D eigenvalue weighted by Crippen LogP contribution is -2.37. The number of anilines is 2. The number of ether oxygens (including phenoxy) is 1. The second-order valence-corrected chi connectivity index (χ2v) is 6.52. The summed E-state index contributed by atoms with van der Waals surface area (Å²) in [4.78, 5) is 35.4. The van der Waals surface area contributed by atoms with Gasteiger partial charge in [0, 0.05) is 35.8 Å². The lowest BCUT2D eigenvalue weighted by Gasteiger charge is -2.17. The Morgan fingerprint density at radius 1 is 1.31 bits per heavy atom. The number of benzene rings is 1. The van der Waals surface area contributed by atoms with Gasteiger partial charge in [-0.3, -0.25) is 20.4 Å². The Labute approximate surface area is 155 Å². The summed E-state index contributed by atoms with van der Waals surface area (Å²) in [5.74, 6) is -0.201. The highest BCUT2D eigenvalue weighted by Gasteiger charge is 2.35. The number of hydrogen-bond donors (Lipinski definition) is 2. The van der Waals surface area contributed by atoms with Gasteiger partial charge in [-0.05, 0) is 30.5 Å². The van der Waals surface area contributed by atoms with Gasteiger partial charge in [-0.25, -0.2) is 4.98 Å². The molecule has 1 fully saturated rings. The summed E-state index contributed by atoms with van der Waals surface area (Å²) in [5, 5.41) is 0. The molecule has 1 atom stereocenters. The number of thioether (sulfide) groups is 1. The molecule has 1 aromatic heterocycles. The minimum atomic E-state index is -0.444. The van der Waals surface area contributed by atoms with Crippen molar-refractivity contribution in [2.75, 3.05) is 30.2 Å². The minimum Gasteiger partial charge on any atom is -0.481 e. The lowest BCUT2D eigenvalue weighted by atomic mass is 10.1. The first-order chi connectivity index (χ1) is 12.6. The van der Waals surface area contributed by atoms with Crippen LogP contribution in [0.4, 0.5) is 11.6 Å². The van der Waals surface area contributed by atoms with Crippen LogP contribution in [0.15, 0.2) is 41.4 Å². The Balaban J connectivity index is 1.59. The number of nitrogens with one attached hydrogen (secondary N) is 2. The van der Waals surface area contributed by atoms with E-state index in [4.69, 9.17) is 4.74 Å². The molecule has 1 unspecified atom stereocenters. The number of hydrogen-bond acceptors (Lipinski definition) is 7. The molecule has 9 heteroatoms. The molecule has 0 radical (unpaired) electrons. The maximum absolute atomic E-state index is 12.4.